The molecule has 1 unspecified atom stereocenters. The van der Waals surface area contributed by atoms with E-state index >= 15 is 0 Å². The summed E-state index contributed by atoms with van der Waals surface area (Å²) in [5.74, 6) is 0. The molecule has 1 N–H and O–H groups in total. The molecule has 4 heteroatoms. The lowest BCUT2D eigenvalue weighted by Crippen LogP contribution is -2.30. The van der Waals surface area contributed by atoms with E-state index in [0.717, 1.165) is 0 Å². The van der Waals surface area contributed by atoms with Gasteiger partial charge in [-0.15, -0.1) is 0 Å². The summed E-state index contributed by atoms with van der Waals surface area (Å²) in [5, 5.41) is 9.28. The van der Waals surface area contributed by atoms with E-state index in [-0.39, 0.29) is 6.61 Å². The number of alkyl halides is 1. The van der Waals surface area contributed by atoms with Crippen LogP contribution in [0.1, 0.15) is 13.8 Å². The third-order valence-corrected chi connectivity index (χ3v) is 1.47. The molecule has 0 aromatic rings. The summed E-state index contributed by atoms with van der Waals surface area (Å²) in [4.78, 5) is 0. The van der Waals surface area contributed by atoms with Gasteiger partial charge >= 0.3 is 0 Å². The minimum absolute atomic E-state index is 0.220. The van der Waals surface area contributed by atoms with Crippen molar-refractivity contribution in [1.29, 1.82) is 0 Å². The Labute approximate surface area is 74.8 Å². The van der Waals surface area contributed by atoms with Gasteiger partial charge in [-0.1, -0.05) is 0 Å². The summed E-state index contributed by atoms with van der Waals surface area (Å²) in [6.07, 6.45) is 0. The molecule has 0 bridgehead atoms. The number of ether oxygens (including phenoxy) is 2. The van der Waals surface area contributed by atoms with Crippen LogP contribution in [0.3, 0.4) is 0 Å². The third kappa shape index (κ3) is 5.40. The van der Waals surface area contributed by atoms with Crippen LogP contribution in [-0.2, 0) is 9.47 Å². The number of hydrogen-bond acceptors (Lipinski definition) is 3. The number of halogens is 1. The first-order valence-electron chi connectivity index (χ1n) is 3.25. The SMILES string of the molecule is CCOCC(O)(I)OCC. The molecule has 0 rings (SSSR count). The average molecular weight is 260 g/mol. The van der Waals surface area contributed by atoms with E-state index in [1.165, 1.54) is 0 Å². The molecule has 0 fully saturated rings. The zero-order chi connectivity index (χ0) is 8.04. The Balaban J connectivity index is 3.42. The number of aliphatic hydroxyl groups is 1. The van der Waals surface area contributed by atoms with Gasteiger partial charge in [0.25, 0.3) is 0 Å². The van der Waals surface area contributed by atoms with E-state index in [4.69, 9.17) is 9.47 Å². The first kappa shape index (κ1) is 10.6. The van der Waals surface area contributed by atoms with E-state index in [9.17, 15) is 5.11 Å². The lowest BCUT2D eigenvalue weighted by molar-refractivity contribution is -0.147. The van der Waals surface area contributed by atoms with Crippen LogP contribution in [0.25, 0.3) is 0 Å². The maximum atomic E-state index is 9.28. The lowest BCUT2D eigenvalue weighted by Gasteiger charge is -2.19. The maximum absolute atomic E-state index is 9.28. The van der Waals surface area contributed by atoms with E-state index < -0.39 is 3.79 Å². The zero-order valence-corrected chi connectivity index (χ0v) is 8.42. The van der Waals surface area contributed by atoms with Gasteiger partial charge in [-0.05, 0) is 36.4 Å². The summed E-state index contributed by atoms with van der Waals surface area (Å²) in [6, 6.07) is 0. The van der Waals surface area contributed by atoms with Crippen LogP contribution >= 0.6 is 22.6 Å². The summed E-state index contributed by atoms with van der Waals surface area (Å²) >= 11 is 1.81. The van der Waals surface area contributed by atoms with Gasteiger partial charge in [0, 0.05) is 13.2 Å². The van der Waals surface area contributed by atoms with Gasteiger partial charge in [0.05, 0.1) is 0 Å². The summed E-state index contributed by atoms with van der Waals surface area (Å²) in [7, 11) is 0. The predicted molar refractivity (Wildman–Crippen MR) is 47.1 cm³/mol. The molecule has 0 spiro atoms. The van der Waals surface area contributed by atoms with E-state index in [1.807, 2.05) is 36.4 Å². The largest absolute Gasteiger partial charge is 0.375 e. The smallest absolute Gasteiger partial charge is 0.243 e. The highest BCUT2D eigenvalue weighted by atomic mass is 127. The molecule has 0 aromatic heterocycles. The monoisotopic (exact) mass is 260 g/mol. The first-order chi connectivity index (χ1) is 4.62. The molecule has 0 radical (unpaired) electrons. The second kappa shape index (κ2) is 5.29. The fourth-order valence-electron chi connectivity index (χ4n) is 0.491. The molecular weight excluding hydrogens is 247 g/mol. The van der Waals surface area contributed by atoms with E-state index in [1.54, 1.807) is 0 Å². The lowest BCUT2D eigenvalue weighted by atomic mass is 10.6. The molecular formula is C6H13IO3. The number of hydrogen-bond donors (Lipinski definition) is 1. The molecule has 0 heterocycles. The molecule has 10 heavy (non-hydrogen) atoms. The highest BCUT2D eigenvalue weighted by Crippen LogP contribution is 2.16. The van der Waals surface area contributed by atoms with Crippen molar-refractivity contribution in [2.45, 2.75) is 17.6 Å². The predicted octanol–water partition coefficient (Wildman–Crippen LogP) is 1.14. The van der Waals surface area contributed by atoms with Gasteiger partial charge in [0.15, 0.2) is 0 Å². The second-order valence-corrected chi connectivity index (χ2v) is 3.44. The average Bonchev–Trinajstić information content (AvgIpc) is 1.84. The summed E-state index contributed by atoms with van der Waals surface area (Å²) < 4.78 is 8.77. The fourth-order valence-corrected chi connectivity index (χ4v) is 1.02. The quantitative estimate of drug-likeness (QED) is 0.457. The summed E-state index contributed by atoms with van der Waals surface area (Å²) in [5.41, 5.74) is 0. The highest BCUT2D eigenvalue weighted by molar-refractivity contribution is 14.1. The Morgan fingerprint density at radius 3 is 2.40 bits per heavy atom. The summed E-state index contributed by atoms with van der Waals surface area (Å²) in [6.45, 7) is 5.01. The van der Waals surface area contributed by atoms with Gasteiger partial charge in [-0.25, -0.2) is 0 Å². The molecule has 0 aliphatic heterocycles. The molecule has 0 aromatic carbocycles. The van der Waals surface area contributed by atoms with Crippen LogP contribution in [0.4, 0.5) is 0 Å². The fraction of sp³-hybridized carbons (Fsp3) is 1.00. The molecule has 0 aliphatic rings. The van der Waals surface area contributed by atoms with Gasteiger partial charge in [0.1, 0.15) is 6.61 Å². The van der Waals surface area contributed by atoms with Gasteiger partial charge in [-0.3, -0.25) is 0 Å². The van der Waals surface area contributed by atoms with Crippen LogP contribution < -0.4 is 0 Å². The van der Waals surface area contributed by atoms with Gasteiger partial charge in [0.2, 0.25) is 3.79 Å². The van der Waals surface area contributed by atoms with Crippen molar-refractivity contribution in [3.8, 4) is 0 Å². The maximum Gasteiger partial charge on any atom is 0.243 e. The first-order valence-corrected chi connectivity index (χ1v) is 4.33. The molecule has 0 aliphatic carbocycles. The van der Waals surface area contributed by atoms with Crippen LogP contribution in [0.2, 0.25) is 0 Å². The zero-order valence-electron chi connectivity index (χ0n) is 6.26. The van der Waals surface area contributed by atoms with Crippen LogP contribution in [0.15, 0.2) is 0 Å². The van der Waals surface area contributed by atoms with Crippen molar-refractivity contribution >= 4 is 22.6 Å². The van der Waals surface area contributed by atoms with Crippen LogP contribution in [0.5, 0.6) is 0 Å². The van der Waals surface area contributed by atoms with Crippen molar-refractivity contribution < 1.29 is 14.6 Å². The highest BCUT2D eigenvalue weighted by Gasteiger charge is 2.22. The Morgan fingerprint density at radius 2 is 2.00 bits per heavy atom. The molecule has 62 valence electrons. The van der Waals surface area contributed by atoms with Crippen molar-refractivity contribution in [2.24, 2.45) is 0 Å². The molecule has 0 saturated carbocycles. The van der Waals surface area contributed by atoms with E-state index in [0.29, 0.717) is 13.2 Å². The van der Waals surface area contributed by atoms with Crippen molar-refractivity contribution in [2.75, 3.05) is 19.8 Å². The standard InChI is InChI=1S/C6H13IO3/c1-3-9-5-6(7,8)10-4-2/h8H,3-5H2,1-2H3. The second-order valence-electron chi connectivity index (χ2n) is 1.76. The van der Waals surface area contributed by atoms with Gasteiger partial charge < -0.3 is 14.6 Å². The normalized spacial score (nSPS) is 16.8. The van der Waals surface area contributed by atoms with Crippen LogP contribution in [0, 0.1) is 0 Å². The Kier molecular flexibility index (Phi) is 5.61. The van der Waals surface area contributed by atoms with Gasteiger partial charge in [-0.2, -0.15) is 0 Å². The molecule has 3 nitrogen and oxygen atoms in total. The number of rotatable bonds is 5. The topological polar surface area (TPSA) is 38.7 Å². The van der Waals surface area contributed by atoms with Crippen molar-refractivity contribution in [1.82, 2.24) is 0 Å². The van der Waals surface area contributed by atoms with Crippen molar-refractivity contribution in [3.63, 3.8) is 0 Å². The Morgan fingerprint density at radius 1 is 1.40 bits per heavy atom. The van der Waals surface area contributed by atoms with Crippen molar-refractivity contribution in [3.05, 3.63) is 0 Å². The molecule has 0 saturated heterocycles. The Bertz CT molecular complexity index is 85.1. The minimum Gasteiger partial charge on any atom is -0.375 e. The minimum atomic E-state index is -1.15. The Hall–Kier alpha value is 0.610. The third-order valence-electron chi connectivity index (χ3n) is 0.850. The van der Waals surface area contributed by atoms with Crippen LogP contribution in [-0.4, -0.2) is 28.7 Å². The molecule has 1 atom stereocenters. The van der Waals surface area contributed by atoms with E-state index in [2.05, 4.69) is 0 Å². The molecule has 0 amide bonds.